The first-order valence-electron chi connectivity index (χ1n) is 6.40. The molecule has 20 heavy (non-hydrogen) atoms. The molecule has 8 nitrogen and oxygen atoms in total. The molecule has 0 spiro atoms. The molecule has 112 valence electrons. The van der Waals surface area contributed by atoms with E-state index >= 15 is 0 Å². The van der Waals surface area contributed by atoms with Crippen molar-refractivity contribution in [1.82, 2.24) is 9.97 Å². The maximum atomic E-state index is 11.2. The normalized spacial score (nSPS) is 10.7. The predicted octanol–water partition coefficient (Wildman–Crippen LogP) is 1.60. The van der Waals surface area contributed by atoms with Gasteiger partial charge in [-0.15, -0.1) is 0 Å². The van der Waals surface area contributed by atoms with E-state index in [-0.39, 0.29) is 11.8 Å². The molecular formula is C12H21N5O3. The van der Waals surface area contributed by atoms with Gasteiger partial charge in [-0.25, -0.2) is 4.98 Å². The molecule has 1 aromatic heterocycles. The van der Waals surface area contributed by atoms with E-state index in [1.165, 1.54) is 0 Å². The summed E-state index contributed by atoms with van der Waals surface area (Å²) < 4.78 is 5.45. The van der Waals surface area contributed by atoms with E-state index in [4.69, 9.17) is 4.74 Å². The summed E-state index contributed by atoms with van der Waals surface area (Å²) >= 11 is 0. The van der Waals surface area contributed by atoms with Crippen LogP contribution in [-0.2, 0) is 4.74 Å². The Labute approximate surface area is 118 Å². The summed E-state index contributed by atoms with van der Waals surface area (Å²) in [6.45, 7) is 6.47. The Morgan fingerprint density at radius 1 is 1.45 bits per heavy atom. The van der Waals surface area contributed by atoms with Crippen LogP contribution in [0.15, 0.2) is 0 Å². The number of rotatable bonds is 7. The number of anilines is 2. The molecular weight excluding hydrogens is 262 g/mol. The van der Waals surface area contributed by atoms with Crippen LogP contribution in [0.5, 0.6) is 0 Å². The zero-order valence-electron chi connectivity index (χ0n) is 12.5. The first kappa shape index (κ1) is 16.1. The quantitative estimate of drug-likeness (QED) is 0.600. The van der Waals surface area contributed by atoms with Crippen molar-refractivity contribution in [3.8, 4) is 0 Å². The second-order valence-electron chi connectivity index (χ2n) is 4.65. The molecule has 0 unspecified atom stereocenters. The Balaban J connectivity index is 3.01. The summed E-state index contributed by atoms with van der Waals surface area (Å²) in [5.41, 5.74) is 0.261. The summed E-state index contributed by atoms with van der Waals surface area (Å²) in [4.78, 5) is 20.6. The number of likely N-dealkylation sites (N-methyl/N-ethyl adjacent to an activating group) is 1. The van der Waals surface area contributed by atoms with Crippen LogP contribution >= 0.6 is 0 Å². The highest BCUT2D eigenvalue weighted by atomic mass is 16.6. The molecule has 0 radical (unpaired) electrons. The predicted molar refractivity (Wildman–Crippen MR) is 77.3 cm³/mol. The van der Waals surface area contributed by atoms with E-state index < -0.39 is 4.92 Å². The summed E-state index contributed by atoms with van der Waals surface area (Å²) in [7, 11) is 3.42. The topological polar surface area (TPSA) is 93.4 Å². The third kappa shape index (κ3) is 4.02. The highest BCUT2D eigenvalue weighted by Gasteiger charge is 2.24. The Morgan fingerprint density at radius 3 is 2.60 bits per heavy atom. The van der Waals surface area contributed by atoms with Gasteiger partial charge in [-0.1, -0.05) is 0 Å². The van der Waals surface area contributed by atoms with Gasteiger partial charge in [-0.2, -0.15) is 4.98 Å². The van der Waals surface area contributed by atoms with Crippen LogP contribution in [0.4, 0.5) is 17.5 Å². The monoisotopic (exact) mass is 283 g/mol. The lowest BCUT2D eigenvalue weighted by molar-refractivity contribution is -0.385. The van der Waals surface area contributed by atoms with Crippen molar-refractivity contribution in [3.63, 3.8) is 0 Å². The van der Waals surface area contributed by atoms with Gasteiger partial charge in [-0.05, 0) is 20.8 Å². The molecule has 0 aromatic carbocycles. The third-order valence-corrected chi connectivity index (χ3v) is 2.69. The maximum absolute atomic E-state index is 11.2. The number of hydrogen-bond donors (Lipinski definition) is 1. The molecule has 0 saturated carbocycles. The molecule has 0 aliphatic heterocycles. The van der Waals surface area contributed by atoms with Gasteiger partial charge in [0.15, 0.2) is 0 Å². The van der Waals surface area contributed by atoms with Gasteiger partial charge in [0.05, 0.1) is 17.6 Å². The molecule has 0 aliphatic rings. The summed E-state index contributed by atoms with van der Waals surface area (Å²) in [6, 6.07) is 0. The second-order valence-corrected chi connectivity index (χ2v) is 4.65. The molecule has 1 aromatic rings. The fourth-order valence-corrected chi connectivity index (χ4v) is 1.67. The minimum absolute atomic E-state index is 0.0731. The first-order chi connectivity index (χ1) is 9.36. The lowest BCUT2D eigenvalue weighted by Gasteiger charge is -2.19. The summed E-state index contributed by atoms with van der Waals surface area (Å²) in [6.07, 6.45) is 0.124. The van der Waals surface area contributed by atoms with Crippen LogP contribution in [0.2, 0.25) is 0 Å². The molecule has 0 bridgehead atoms. The van der Waals surface area contributed by atoms with E-state index in [0.717, 1.165) is 0 Å². The minimum atomic E-state index is -0.454. The zero-order chi connectivity index (χ0) is 15.3. The van der Waals surface area contributed by atoms with Crippen LogP contribution in [0.3, 0.4) is 0 Å². The molecule has 0 amide bonds. The SMILES string of the molecule is CNc1nc(C)c([N+](=O)[O-])c(N(C)CCOC(C)C)n1. The molecule has 8 heteroatoms. The molecule has 1 rings (SSSR count). The van der Waals surface area contributed by atoms with E-state index in [9.17, 15) is 10.1 Å². The number of nitrogens with one attached hydrogen (secondary N) is 1. The van der Waals surface area contributed by atoms with Crippen LogP contribution < -0.4 is 10.2 Å². The number of aryl methyl sites for hydroxylation is 1. The molecule has 0 atom stereocenters. The molecule has 0 saturated heterocycles. The van der Waals surface area contributed by atoms with E-state index in [1.807, 2.05) is 13.8 Å². The molecule has 1 heterocycles. The Hall–Kier alpha value is -1.96. The number of ether oxygens (including phenoxy) is 1. The average Bonchev–Trinajstić information content (AvgIpc) is 2.36. The number of nitrogens with zero attached hydrogens (tertiary/aromatic N) is 4. The second kappa shape index (κ2) is 6.99. The van der Waals surface area contributed by atoms with Crippen molar-refractivity contribution in [2.24, 2.45) is 0 Å². The maximum Gasteiger partial charge on any atom is 0.332 e. The summed E-state index contributed by atoms with van der Waals surface area (Å²) in [5, 5.41) is 14.0. The first-order valence-corrected chi connectivity index (χ1v) is 6.40. The Bertz CT molecular complexity index is 478. The molecule has 0 fully saturated rings. The van der Waals surface area contributed by atoms with Crippen molar-refractivity contribution < 1.29 is 9.66 Å². The van der Waals surface area contributed by atoms with Crippen molar-refractivity contribution in [2.45, 2.75) is 26.9 Å². The number of hydrogen-bond acceptors (Lipinski definition) is 7. The van der Waals surface area contributed by atoms with Crippen molar-refractivity contribution in [3.05, 3.63) is 15.8 Å². The Morgan fingerprint density at radius 2 is 2.10 bits per heavy atom. The number of nitro groups is 1. The summed E-state index contributed by atoms with van der Waals surface area (Å²) in [5.74, 6) is 0.652. The lowest BCUT2D eigenvalue weighted by atomic mass is 10.3. The largest absolute Gasteiger partial charge is 0.377 e. The van der Waals surface area contributed by atoms with Crippen LogP contribution in [0.1, 0.15) is 19.5 Å². The highest BCUT2D eigenvalue weighted by Crippen LogP contribution is 2.28. The average molecular weight is 283 g/mol. The third-order valence-electron chi connectivity index (χ3n) is 2.69. The molecule has 0 aliphatic carbocycles. The van der Waals surface area contributed by atoms with Crippen molar-refractivity contribution in [1.29, 1.82) is 0 Å². The standard InChI is InChI=1S/C12H21N5O3/c1-8(2)20-7-6-16(5)11-10(17(18)19)9(3)14-12(13-4)15-11/h8H,6-7H2,1-5H3,(H,13,14,15). The van der Waals surface area contributed by atoms with Gasteiger partial charge in [-0.3, -0.25) is 10.1 Å². The van der Waals surface area contributed by atoms with Crippen molar-refractivity contribution >= 4 is 17.5 Å². The van der Waals surface area contributed by atoms with Gasteiger partial charge in [0, 0.05) is 20.6 Å². The van der Waals surface area contributed by atoms with Crippen LogP contribution in [0.25, 0.3) is 0 Å². The lowest BCUT2D eigenvalue weighted by Crippen LogP contribution is -2.26. The minimum Gasteiger partial charge on any atom is -0.377 e. The molecule has 1 N–H and O–H groups in total. The van der Waals surface area contributed by atoms with Crippen LogP contribution in [-0.4, -0.2) is 48.2 Å². The van der Waals surface area contributed by atoms with Gasteiger partial charge >= 0.3 is 5.69 Å². The van der Waals surface area contributed by atoms with Gasteiger partial charge in [0.2, 0.25) is 11.8 Å². The fourth-order valence-electron chi connectivity index (χ4n) is 1.67. The van der Waals surface area contributed by atoms with Gasteiger partial charge in [0.25, 0.3) is 0 Å². The van der Waals surface area contributed by atoms with Gasteiger partial charge in [0.1, 0.15) is 5.69 Å². The zero-order valence-corrected chi connectivity index (χ0v) is 12.5. The highest BCUT2D eigenvalue weighted by molar-refractivity contribution is 5.62. The van der Waals surface area contributed by atoms with Gasteiger partial charge < -0.3 is 15.0 Å². The van der Waals surface area contributed by atoms with Crippen LogP contribution in [0, 0.1) is 17.0 Å². The fraction of sp³-hybridized carbons (Fsp3) is 0.667. The van der Waals surface area contributed by atoms with E-state index in [1.54, 1.807) is 25.9 Å². The Kier molecular flexibility index (Phi) is 5.63. The smallest absolute Gasteiger partial charge is 0.332 e. The van der Waals surface area contributed by atoms with E-state index in [2.05, 4.69) is 15.3 Å². The number of aromatic nitrogens is 2. The van der Waals surface area contributed by atoms with E-state index in [0.29, 0.717) is 30.6 Å². The van der Waals surface area contributed by atoms with Crippen molar-refractivity contribution in [2.75, 3.05) is 37.5 Å².